The minimum absolute atomic E-state index is 0. The van der Waals surface area contributed by atoms with Gasteiger partial charge in [-0.3, -0.25) is 4.79 Å². The lowest BCUT2D eigenvalue weighted by atomic mass is 10.1. The molecule has 0 fully saturated rings. The van der Waals surface area contributed by atoms with E-state index in [1.165, 1.54) is 0 Å². The first-order valence-corrected chi connectivity index (χ1v) is 4.29. The molecule has 1 atom stereocenters. The van der Waals surface area contributed by atoms with Crippen molar-refractivity contribution in [1.29, 1.82) is 0 Å². The molecule has 2 nitrogen and oxygen atoms in total. The molecule has 1 amide bonds. The van der Waals surface area contributed by atoms with Crippen molar-refractivity contribution >= 4 is 5.91 Å². The van der Waals surface area contributed by atoms with Crippen molar-refractivity contribution in [3.63, 3.8) is 0 Å². The van der Waals surface area contributed by atoms with E-state index in [2.05, 4.69) is 32.3 Å². The van der Waals surface area contributed by atoms with Crippen molar-refractivity contribution in [3.8, 4) is 0 Å². The van der Waals surface area contributed by atoms with Gasteiger partial charge < -0.3 is 5.32 Å². The van der Waals surface area contributed by atoms with Crippen molar-refractivity contribution in [2.75, 3.05) is 0 Å². The first-order valence-electron chi connectivity index (χ1n) is 4.29. The standard InChI is InChI=1S/C8H17NO.C2H4.H2/c1-6(2)5-7(3)9-8(4)10;1-2;/h6-7H,5H2,1-4H3,(H,9,10);1-2H2;1H/t7-;;/m1../s1. The smallest absolute Gasteiger partial charge is 0.217 e. The Balaban J connectivity index is -0.000000309. The van der Waals surface area contributed by atoms with Crippen molar-refractivity contribution < 1.29 is 6.22 Å². The van der Waals surface area contributed by atoms with Gasteiger partial charge in [-0.1, -0.05) is 13.8 Å². The second-order valence-corrected chi connectivity index (χ2v) is 3.23. The molecule has 0 bridgehead atoms. The van der Waals surface area contributed by atoms with Gasteiger partial charge in [0.25, 0.3) is 0 Å². The van der Waals surface area contributed by atoms with Crippen LogP contribution in [0.25, 0.3) is 0 Å². The van der Waals surface area contributed by atoms with Gasteiger partial charge >= 0.3 is 0 Å². The summed E-state index contributed by atoms with van der Waals surface area (Å²) in [7, 11) is 0. The fraction of sp³-hybridized carbons (Fsp3) is 0.700. The third-order valence-corrected chi connectivity index (χ3v) is 1.27. The number of hydrogen-bond acceptors (Lipinski definition) is 1. The maximum absolute atomic E-state index is 10.5. The summed E-state index contributed by atoms with van der Waals surface area (Å²) < 4.78 is 0. The van der Waals surface area contributed by atoms with Crippen molar-refractivity contribution in [1.82, 2.24) is 5.32 Å². The van der Waals surface area contributed by atoms with Crippen LogP contribution in [0.4, 0.5) is 0 Å². The number of nitrogens with one attached hydrogen (secondary N) is 1. The molecule has 0 aromatic carbocycles. The van der Waals surface area contributed by atoms with Crippen molar-refractivity contribution in [2.24, 2.45) is 5.92 Å². The van der Waals surface area contributed by atoms with Crippen LogP contribution in [-0.2, 0) is 4.79 Å². The molecule has 74 valence electrons. The van der Waals surface area contributed by atoms with Crippen LogP contribution < -0.4 is 5.32 Å². The maximum atomic E-state index is 10.5. The quantitative estimate of drug-likeness (QED) is 0.653. The molecule has 1 N–H and O–H groups in total. The van der Waals surface area contributed by atoms with E-state index in [0.29, 0.717) is 12.0 Å². The summed E-state index contributed by atoms with van der Waals surface area (Å²) in [5.41, 5.74) is 0. The molecule has 0 aliphatic heterocycles. The lowest BCUT2D eigenvalue weighted by Crippen LogP contribution is -2.31. The van der Waals surface area contributed by atoms with Crippen LogP contribution >= 0.6 is 0 Å². The molecular formula is C10H23NO. The molecule has 0 aromatic rings. The summed E-state index contributed by atoms with van der Waals surface area (Å²) in [4.78, 5) is 10.5. The Morgan fingerprint density at radius 1 is 1.42 bits per heavy atom. The van der Waals surface area contributed by atoms with E-state index >= 15 is 0 Å². The number of carbonyl (C=O) groups is 1. The Morgan fingerprint density at radius 3 is 2.08 bits per heavy atom. The number of rotatable bonds is 3. The molecule has 0 heterocycles. The van der Waals surface area contributed by atoms with Gasteiger partial charge in [0, 0.05) is 14.4 Å². The van der Waals surface area contributed by atoms with Gasteiger partial charge in [0.2, 0.25) is 5.91 Å². The van der Waals surface area contributed by atoms with Crippen molar-refractivity contribution in [2.45, 2.75) is 40.2 Å². The Morgan fingerprint density at radius 2 is 1.83 bits per heavy atom. The minimum Gasteiger partial charge on any atom is -0.354 e. The second-order valence-electron chi connectivity index (χ2n) is 3.23. The summed E-state index contributed by atoms with van der Waals surface area (Å²) in [6, 6.07) is 0.317. The van der Waals surface area contributed by atoms with Crippen LogP contribution in [0.1, 0.15) is 35.5 Å². The Labute approximate surface area is 77.5 Å². The van der Waals surface area contributed by atoms with E-state index in [1.54, 1.807) is 6.92 Å². The Kier molecular flexibility index (Phi) is 9.54. The van der Waals surface area contributed by atoms with E-state index in [9.17, 15) is 4.79 Å². The molecule has 2 heteroatoms. The maximum Gasteiger partial charge on any atom is 0.217 e. The topological polar surface area (TPSA) is 29.1 Å². The molecule has 0 unspecified atom stereocenters. The van der Waals surface area contributed by atoms with E-state index in [0.717, 1.165) is 6.42 Å². The van der Waals surface area contributed by atoms with Crippen LogP contribution in [0.15, 0.2) is 13.2 Å². The van der Waals surface area contributed by atoms with Crippen LogP contribution in [0, 0.1) is 5.92 Å². The fourth-order valence-corrected chi connectivity index (χ4v) is 1.11. The molecule has 0 radical (unpaired) electrons. The summed E-state index contributed by atoms with van der Waals surface area (Å²) >= 11 is 0. The van der Waals surface area contributed by atoms with Gasteiger partial charge in [-0.05, 0) is 19.3 Å². The van der Waals surface area contributed by atoms with E-state index < -0.39 is 0 Å². The second kappa shape index (κ2) is 8.31. The number of hydrogen-bond donors (Lipinski definition) is 1. The third-order valence-electron chi connectivity index (χ3n) is 1.27. The Hall–Kier alpha value is -0.790. The molecule has 12 heavy (non-hydrogen) atoms. The van der Waals surface area contributed by atoms with Gasteiger partial charge in [0.05, 0.1) is 0 Å². The number of amides is 1. The summed E-state index contributed by atoms with van der Waals surface area (Å²) in [5, 5.41) is 2.84. The molecule has 0 aliphatic carbocycles. The van der Waals surface area contributed by atoms with Gasteiger partial charge in [-0.15, -0.1) is 13.2 Å². The van der Waals surface area contributed by atoms with E-state index in [4.69, 9.17) is 0 Å². The predicted molar refractivity (Wildman–Crippen MR) is 56.1 cm³/mol. The average molecular weight is 173 g/mol. The fourth-order valence-electron chi connectivity index (χ4n) is 1.11. The van der Waals surface area contributed by atoms with Crippen molar-refractivity contribution in [3.05, 3.63) is 13.2 Å². The average Bonchev–Trinajstić information content (AvgIpc) is 1.87. The van der Waals surface area contributed by atoms with Crippen LogP contribution in [0.5, 0.6) is 0 Å². The predicted octanol–water partition coefficient (Wildman–Crippen LogP) is 2.61. The first-order chi connectivity index (χ1) is 5.52. The monoisotopic (exact) mass is 173 g/mol. The van der Waals surface area contributed by atoms with Crippen LogP contribution in [0.2, 0.25) is 0 Å². The summed E-state index contributed by atoms with van der Waals surface area (Å²) in [6.45, 7) is 13.9. The van der Waals surface area contributed by atoms with Crippen LogP contribution in [-0.4, -0.2) is 11.9 Å². The molecular weight excluding hydrogens is 150 g/mol. The zero-order valence-corrected chi connectivity index (χ0v) is 8.68. The Bertz CT molecular complexity index is 126. The molecule has 0 aromatic heterocycles. The highest BCUT2D eigenvalue weighted by Gasteiger charge is 2.04. The van der Waals surface area contributed by atoms with E-state index in [-0.39, 0.29) is 7.33 Å². The third kappa shape index (κ3) is 11.9. The zero-order chi connectivity index (χ0) is 10.1. The first kappa shape index (κ1) is 13.8. The van der Waals surface area contributed by atoms with Gasteiger partial charge in [0.15, 0.2) is 0 Å². The van der Waals surface area contributed by atoms with Gasteiger partial charge in [-0.2, -0.15) is 0 Å². The minimum atomic E-state index is 0. The van der Waals surface area contributed by atoms with Gasteiger partial charge in [0.1, 0.15) is 0 Å². The largest absolute Gasteiger partial charge is 0.354 e. The zero-order valence-electron chi connectivity index (χ0n) is 8.68. The lowest BCUT2D eigenvalue weighted by molar-refractivity contribution is -0.119. The highest BCUT2D eigenvalue weighted by molar-refractivity contribution is 5.73. The lowest BCUT2D eigenvalue weighted by Gasteiger charge is -2.13. The molecule has 0 aliphatic rings. The summed E-state index contributed by atoms with van der Waals surface area (Å²) in [6.07, 6.45) is 1.06. The molecule has 0 saturated heterocycles. The van der Waals surface area contributed by atoms with E-state index in [1.807, 2.05) is 6.92 Å². The summed E-state index contributed by atoms with van der Waals surface area (Å²) in [5.74, 6) is 0.718. The van der Waals surface area contributed by atoms with Gasteiger partial charge in [-0.25, -0.2) is 0 Å². The normalized spacial score (nSPS) is 11.4. The highest BCUT2D eigenvalue weighted by atomic mass is 16.1. The molecule has 0 rings (SSSR count). The highest BCUT2D eigenvalue weighted by Crippen LogP contribution is 2.02. The van der Waals surface area contributed by atoms with Crippen LogP contribution in [0.3, 0.4) is 0 Å². The molecule has 0 saturated carbocycles. The molecule has 0 spiro atoms. The number of carbonyl (C=O) groups excluding carboxylic acids is 1. The SMILES string of the molecule is C=C.CC(=O)N[C@H](C)CC(C)C.[HH].